The molecule has 1 unspecified atom stereocenters. The van der Waals surface area contributed by atoms with Gasteiger partial charge in [-0.3, -0.25) is 20.2 Å². The molecule has 9 nitrogen and oxygen atoms in total. The quantitative estimate of drug-likeness (QED) is 0.366. The average Bonchev–Trinajstić information content (AvgIpc) is 2.71. The molecule has 160 valence electrons. The van der Waals surface area contributed by atoms with Gasteiger partial charge in [0.2, 0.25) is 0 Å². The molecule has 1 aliphatic rings. The highest BCUT2D eigenvalue weighted by molar-refractivity contribution is 7.98. The first-order chi connectivity index (χ1) is 14.7. The van der Waals surface area contributed by atoms with E-state index in [1.807, 2.05) is 30.3 Å². The highest BCUT2D eigenvalue weighted by atomic mass is 32.2. The summed E-state index contributed by atoms with van der Waals surface area (Å²) in [6.07, 6.45) is 0. The molecule has 0 aliphatic carbocycles. The van der Waals surface area contributed by atoms with E-state index in [2.05, 4.69) is 5.32 Å². The summed E-state index contributed by atoms with van der Waals surface area (Å²) < 4.78 is 0. The summed E-state index contributed by atoms with van der Waals surface area (Å²) in [5.74, 6) is -2.31. The van der Waals surface area contributed by atoms with Gasteiger partial charge in [-0.15, -0.1) is 11.8 Å². The summed E-state index contributed by atoms with van der Waals surface area (Å²) in [6.45, 7) is 2.93. The monoisotopic (exact) mass is 441 g/mol. The van der Waals surface area contributed by atoms with E-state index in [4.69, 9.17) is 0 Å². The number of para-hydroxylation sites is 1. The number of thioether (sulfide) groups is 1. The van der Waals surface area contributed by atoms with Crippen LogP contribution >= 0.6 is 11.8 Å². The predicted octanol–water partition coefficient (Wildman–Crippen LogP) is 4.44. The SMILES string of the molecule is CC1=C(C(=O)O)C(c2cccc(SCc3ccccc3)c2[N+](=O)[O-])C([N+](=O)[O-])=C(C)N1. The molecule has 0 spiro atoms. The van der Waals surface area contributed by atoms with Gasteiger partial charge < -0.3 is 10.4 Å². The second-order valence-corrected chi connectivity index (χ2v) is 7.91. The van der Waals surface area contributed by atoms with Gasteiger partial charge in [-0.1, -0.05) is 42.5 Å². The van der Waals surface area contributed by atoms with Crippen molar-refractivity contribution < 1.29 is 19.7 Å². The lowest BCUT2D eigenvalue weighted by molar-refractivity contribution is -0.431. The van der Waals surface area contributed by atoms with E-state index in [1.54, 1.807) is 12.1 Å². The lowest BCUT2D eigenvalue weighted by Gasteiger charge is -2.25. The van der Waals surface area contributed by atoms with Gasteiger partial charge in [-0.25, -0.2) is 4.79 Å². The molecule has 1 heterocycles. The number of benzene rings is 2. The molecule has 0 saturated heterocycles. The smallest absolute Gasteiger partial charge is 0.334 e. The lowest BCUT2D eigenvalue weighted by atomic mass is 9.83. The molecule has 2 aromatic rings. The van der Waals surface area contributed by atoms with Crippen LogP contribution in [-0.4, -0.2) is 20.9 Å². The third kappa shape index (κ3) is 4.43. The molecule has 31 heavy (non-hydrogen) atoms. The molecule has 0 bridgehead atoms. The highest BCUT2D eigenvalue weighted by Gasteiger charge is 2.43. The summed E-state index contributed by atoms with van der Waals surface area (Å²) >= 11 is 1.22. The Morgan fingerprint density at radius 3 is 2.29 bits per heavy atom. The summed E-state index contributed by atoms with van der Waals surface area (Å²) in [6, 6.07) is 13.9. The standard InChI is InChI=1S/C21H19N3O6S/c1-12-17(21(25)26)18(19(23(27)28)13(2)22-12)15-9-6-10-16(20(15)24(29)30)31-11-14-7-4-3-5-8-14/h3-10,18,22H,11H2,1-2H3,(H,25,26). The molecule has 0 fully saturated rings. The van der Waals surface area contributed by atoms with Crippen molar-refractivity contribution in [2.75, 3.05) is 0 Å². The number of dihydropyridines is 1. The Balaban J connectivity index is 2.17. The molecule has 1 atom stereocenters. The second kappa shape index (κ2) is 9.00. The maximum Gasteiger partial charge on any atom is 0.334 e. The fourth-order valence-electron chi connectivity index (χ4n) is 3.63. The van der Waals surface area contributed by atoms with Gasteiger partial charge in [-0.05, 0) is 25.5 Å². The molecule has 0 aromatic heterocycles. The van der Waals surface area contributed by atoms with Crippen LogP contribution < -0.4 is 5.32 Å². The fourth-order valence-corrected chi connectivity index (χ4v) is 4.65. The van der Waals surface area contributed by atoms with E-state index in [9.17, 15) is 30.1 Å². The first kappa shape index (κ1) is 22.0. The Kier molecular flexibility index (Phi) is 6.40. The molecule has 2 N–H and O–H groups in total. The minimum Gasteiger partial charge on any atom is -0.478 e. The van der Waals surface area contributed by atoms with E-state index >= 15 is 0 Å². The molecule has 3 rings (SSSR count). The van der Waals surface area contributed by atoms with Crippen molar-refractivity contribution in [3.05, 3.63) is 103 Å². The van der Waals surface area contributed by atoms with Gasteiger partial charge in [0.05, 0.1) is 26.0 Å². The summed E-state index contributed by atoms with van der Waals surface area (Å²) in [5, 5.41) is 36.3. The van der Waals surface area contributed by atoms with Crippen molar-refractivity contribution in [3.8, 4) is 0 Å². The second-order valence-electron chi connectivity index (χ2n) is 6.89. The first-order valence-corrected chi connectivity index (χ1v) is 10.2. The van der Waals surface area contributed by atoms with Gasteiger partial charge in [0.1, 0.15) is 5.92 Å². The number of carboxylic acids is 1. The summed E-state index contributed by atoms with van der Waals surface area (Å²) in [7, 11) is 0. The topological polar surface area (TPSA) is 136 Å². The number of allylic oxidation sites excluding steroid dienone is 3. The van der Waals surface area contributed by atoms with Gasteiger partial charge in [0, 0.05) is 17.0 Å². The molecule has 10 heteroatoms. The first-order valence-electron chi connectivity index (χ1n) is 9.22. The zero-order chi connectivity index (χ0) is 22.7. The largest absolute Gasteiger partial charge is 0.478 e. The molecule has 0 amide bonds. The minimum absolute atomic E-state index is 0.0210. The summed E-state index contributed by atoms with van der Waals surface area (Å²) in [5.41, 5.74) is 0.257. The van der Waals surface area contributed by atoms with E-state index in [0.29, 0.717) is 10.6 Å². The van der Waals surface area contributed by atoms with Gasteiger partial charge in [-0.2, -0.15) is 0 Å². The van der Waals surface area contributed by atoms with E-state index < -0.39 is 27.4 Å². The Hall–Kier alpha value is -3.66. The molecular formula is C21H19N3O6S. The average molecular weight is 441 g/mol. The molecular weight excluding hydrogens is 422 g/mol. The van der Waals surface area contributed by atoms with Crippen LogP contribution in [0.4, 0.5) is 5.69 Å². The van der Waals surface area contributed by atoms with Crippen LogP contribution in [-0.2, 0) is 10.5 Å². The predicted molar refractivity (Wildman–Crippen MR) is 115 cm³/mol. The maximum atomic E-state index is 12.0. The van der Waals surface area contributed by atoms with E-state index in [0.717, 1.165) is 5.56 Å². The normalized spacial score (nSPS) is 16.1. The van der Waals surface area contributed by atoms with Crippen LogP contribution in [0.1, 0.15) is 30.9 Å². The van der Waals surface area contributed by atoms with E-state index in [1.165, 1.54) is 31.7 Å². The third-order valence-electron chi connectivity index (χ3n) is 4.91. The number of hydrogen-bond acceptors (Lipinski definition) is 7. The van der Waals surface area contributed by atoms with Crippen LogP contribution in [0.25, 0.3) is 0 Å². The lowest BCUT2D eigenvalue weighted by Crippen LogP contribution is -2.31. The Bertz CT molecular complexity index is 1090. The number of rotatable bonds is 7. The maximum absolute atomic E-state index is 12.0. The Labute approximate surface area is 181 Å². The number of carboxylic acid groups (broad SMARTS) is 1. The van der Waals surface area contributed by atoms with Crippen LogP contribution in [0.5, 0.6) is 0 Å². The van der Waals surface area contributed by atoms with Crippen molar-refractivity contribution in [3.63, 3.8) is 0 Å². The van der Waals surface area contributed by atoms with E-state index in [-0.39, 0.29) is 28.2 Å². The van der Waals surface area contributed by atoms with Crippen LogP contribution in [0.3, 0.4) is 0 Å². The van der Waals surface area contributed by atoms with Crippen LogP contribution in [0, 0.1) is 20.2 Å². The minimum atomic E-state index is -1.38. The molecule has 0 saturated carbocycles. The molecule has 1 aliphatic heterocycles. The van der Waals surface area contributed by atoms with Crippen molar-refractivity contribution in [1.29, 1.82) is 0 Å². The Morgan fingerprint density at radius 1 is 1.03 bits per heavy atom. The van der Waals surface area contributed by atoms with Crippen LogP contribution in [0.2, 0.25) is 0 Å². The number of carbonyl (C=O) groups is 1. The number of nitrogens with zero attached hydrogens (tertiary/aromatic N) is 2. The number of nitro groups is 2. The molecule has 0 radical (unpaired) electrons. The van der Waals surface area contributed by atoms with Crippen molar-refractivity contribution in [2.45, 2.75) is 30.4 Å². The zero-order valence-electron chi connectivity index (χ0n) is 16.7. The molecule has 2 aromatic carbocycles. The van der Waals surface area contributed by atoms with Crippen LogP contribution in [0.15, 0.2) is 76.1 Å². The third-order valence-corrected chi connectivity index (χ3v) is 6.03. The van der Waals surface area contributed by atoms with Gasteiger partial charge in [0.15, 0.2) is 0 Å². The summed E-state index contributed by atoms with van der Waals surface area (Å²) in [4.78, 5) is 34.9. The zero-order valence-corrected chi connectivity index (χ0v) is 17.5. The van der Waals surface area contributed by atoms with Crippen molar-refractivity contribution in [1.82, 2.24) is 5.32 Å². The Morgan fingerprint density at radius 2 is 1.71 bits per heavy atom. The van der Waals surface area contributed by atoms with Crippen molar-refractivity contribution in [2.24, 2.45) is 0 Å². The van der Waals surface area contributed by atoms with Crippen molar-refractivity contribution >= 4 is 23.4 Å². The highest BCUT2D eigenvalue weighted by Crippen LogP contribution is 2.45. The number of hydrogen-bond donors (Lipinski definition) is 2. The number of nitrogens with one attached hydrogen (secondary N) is 1. The van der Waals surface area contributed by atoms with Gasteiger partial charge in [0.25, 0.3) is 11.4 Å². The number of aliphatic carboxylic acids is 1. The number of nitro benzene ring substituents is 1. The fraction of sp³-hybridized carbons (Fsp3) is 0.190. The van der Waals surface area contributed by atoms with Gasteiger partial charge >= 0.3 is 5.97 Å².